The SMILES string of the molecule is CN(C)CCOc1ccc2c(c1)nc(Nc1cccnc1)n[n+]2[O-].CNCCOc1ccc2c(c1)nc(Nc1cccnc1)n[n+]2[O-].NCCOc1ccc2c(c1)nc(Nc1cccnc1)n[n+]2[O-].[O-][n+]1nc(Nc2ccc(N3CCNCC3)cn2)nc2ccccc21.c1ccc2nc(Nc3ccc(N4CCNCC4)cn3)nnc2c1. The van der Waals surface area contributed by atoms with Crippen LogP contribution in [-0.2, 0) is 0 Å². The van der Waals surface area contributed by atoms with E-state index in [-0.39, 0.29) is 23.8 Å². The van der Waals surface area contributed by atoms with Crippen LogP contribution in [0.5, 0.6) is 17.2 Å². The fraction of sp³-hybridized carbons (Fsp3) is 0.221. The number of rotatable bonds is 23. The van der Waals surface area contributed by atoms with Gasteiger partial charge in [0.1, 0.15) is 76.3 Å². The molecule has 10 N–H and O–H groups in total. The Morgan fingerprint density at radius 2 is 0.810 bits per heavy atom. The zero-order chi connectivity index (χ0) is 80.2. The van der Waals surface area contributed by atoms with E-state index >= 15 is 0 Å². The van der Waals surface area contributed by atoms with Crippen LogP contribution in [-0.4, -0.2) is 198 Å². The van der Waals surface area contributed by atoms with Gasteiger partial charge in [0.2, 0.25) is 5.95 Å². The molecule has 0 atom stereocenters. The van der Waals surface area contributed by atoms with Crippen LogP contribution in [0.3, 0.4) is 0 Å². The predicted octanol–water partition coefficient (Wildman–Crippen LogP) is 5.47. The number of ether oxygens (including phenoxy) is 3. The minimum Gasteiger partial charge on any atom is -0.594 e. The minimum atomic E-state index is 0.187. The highest BCUT2D eigenvalue weighted by molar-refractivity contribution is 5.78. The minimum absolute atomic E-state index is 0.187. The van der Waals surface area contributed by atoms with Gasteiger partial charge in [-0.2, -0.15) is 0 Å². The molecule has 0 radical (unpaired) electrons. The van der Waals surface area contributed by atoms with Crippen LogP contribution < -0.4 is 91.7 Å². The van der Waals surface area contributed by atoms with E-state index in [9.17, 15) is 20.8 Å². The molecule has 0 saturated carbocycles. The van der Waals surface area contributed by atoms with Crippen molar-refractivity contribution >= 4 is 125 Å². The van der Waals surface area contributed by atoms with Crippen molar-refractivity contribution < 1.29 is 33.6 Å². The maximum Gasteiger partial charge on any atom is 0.296 e. The van der Waals surface area contributed by atoms with Crippen molar-refractivity contribution in [3.63, 3.8) is 0 Å². The molecular formula is C77H82N32O7. The highest BCUT2D eigenvalue weighted by atomic mass is 16.5. The number of likely N-dealkylation sites (N-methyl/N-ethyl adjacent to an activating group) is 2. The molecule has 2 aliphatic rings. The molecule has 0 spiro atoms. The third kappa shape index (κ3) is 22.5. The van der Waals surface area contributed by atoms with Crippen LogP contribution in [0.25, 0.3) is 55.2 Å². The van der Waals surface area contributed by atoms with Gasteiger partial charge < -0.3 is 98.0 Å². The van der Waals surface area contributed by atoms with Gasteiger partial charge in [-0.25, -0.2) is 34.9 Å². The van der Waals surface area contributed by atoms with Crippen LogP contribution in [0.15, 0.2) is 213 Å². The molecule has 0 bridgehead atoms. The number of nitrogens with zero attached hydrogens (tertiary/aromatic N) is 23. The molecule has 2 aliphatic heterocycles. The van der Waals surface area contributed by atoms with Gasteiger partial charge in [-0.3, -0.25) is 15.0 Å². The fourth-order valence-corrected chi connectivity index (χ4v) is 11.4. The maximum atomic E-state index is 12.1. The molecule has 116 heavy (non-hydrogen) atoms. The van der Waals surface area contributed by atoms with Crippen molar-refractivity contribution in [3.05, 3.63) is 234 Å². The number of nitrogens with two attached hydrogens (primary N) is 1. The zero-order valence-corrected chi connectivity index (χ0v) is 63.3. The van der Waals surface area contributed by atoms with Crippen LogP contribution in [0.1, 0.15) is 0 Å². The van der Waals surface area contributed by atoms with Crippen molar-refractivity contribution in [1.82, 2.24) is 101 Å². The van der Waals surface area contributed by atoms with Crippen LogP contribution in [0, 0.1) is 20.8 Å². The summed E-state index contributed by atoms with van der Waals surface area (Å²) in [7, 11) is 5.81. The normalized spacial score (nSPS) is 12.4. The van der Waals surface area contributed by atoms with E-state index in [1.54, 1.807) is 134 Å². The van der Waals surface area contributed by atoms with Crippen molar-refractivity contribution in [2.75, 3.05) is 149 Å². The quantitative estimate of drug-likeness (QED) is 0.0218. The number of fused-ring (bicyclic) bond motifs is 5. The van der Waals surface area contributed by atoms with Gasteiger partial charge in [-0.1, -0.05) is 24.3 Å². The maximum absolute atomic E-state index is 12.1. The first kappa shape index (κ1) is 79.3. The molecule has 2 fully saturated rings. The number of piperazine rings is 2. The lowest BCUT2D eigenvalue weighted by Gasteiger charge is -2.29. The number of hydrogen-bond donors (Lipinski definition) is 9. The molecule has 39 nitrogen and oxygen atoms in total. The van der Waals surface area contributed by atoms with Gasteiger partial charge in [-0.05, 0) is 138 Å². The van der Waals surface area contributed by atoms with E-state index in [0.29, 0.717) is 142 Å². The van der Waals surface area contributed by atoms with E-state index in [2.05, 4.69) is 139 Å². The van der Waals surface area contributed by atoms with Gasteiger partial charge in [0.25, 0.3) is 45.9 Å². The second kappa shape index (κ2) is 39.9. The summed E-state index contributed by atoms with van der Waals surface area (Å²) in [6.07, 6.45) is 13.5. The number of benzene rings is 5. The summed E-state index contributed by atoms with van der Waals surface area (Å²) in [4.78, 5) is 51.5. The molecule has 0 amide bonds. The first-order chi connectivity index (χ1) is 56.8. The summed E-state index contributed by atoms with van der Waals surface area (Å²) in [6.45, 7) is 11.4. The van der Waals surface area contributed by atoms with Crippen molar-refractivity contribution in [2.45, 2.75) is 0 Å². The average molecular weight is 1570 g/mol. The molecule has 10 aromatic heterocycles. The Morgan fingerprint density at radius 1 is 0.414 bits per heavy atom. The molecule has 0 unspecified atom stereocenters. The van der Waals surface area contributed by atoms with Crippen LogP contribution in [0.2, 0.25) is 0 Å². The highest BCUT2D eigenvalue weighted by Gasteiger charge is 2.19. The van der Waals surface area contributed by atoms with Gasteiger partial charge in [0.15, 0.2) is 0 Å². The van der Waals surface area contributed by atoms with E-state index in [1.165, 1.54) is 0 Å². The Labute approximate surface area is 663 Å². The zero-order valence-electron chi connectivity index (χ0n) is 63.3. The largest absolute Gasteiger partial charge is 0.594 e. The molecule has 0 aliphatic carbocycles. The number of para-hydroxylation sites is 3. The number of anilines is 12. The Kier molecular flexibility index (Phi) is 27.3. The third-order valence-electron chi connectivity index (χ3n) is 17.1. The summed E-state index contributed by atoms with van der Waals surface area (Å²) in [5.41, 5.74) is 14.9. The summed E-state index contributed by atoms with van der Waals surface area (Å²) in [5, 5.41) is 96.3. The Hall–Kier alpha value is -14.8. The van der Waals surface area contributed by atoms with Crippen molar-refractivity contribution in [1.29, 1.82) is 0 Å². The van der Waals surface area contributed by atoms with E-state index in [4.69, 9.17) is 19.9 Å². The second-order valence-corrected chi connectivity index (χ2v) is 25.7. The standard InChI is InChI=1S/C16H17N7O.C16H17N7.C16H18N6O2.C15H16N6O2.C14H14N6O2/c24-23-14-4-2-1-3-13(14)19-16(21-23)20-15-6-5-12(11-18-15)22-9-7-17-8-10-22;1-2-4-14-13(3-1)19-16(22-21-14)20-15-6-5-12(11-18-15)23-9-7-17-8-10-23;1-21(2)8-9-24-13-5-6-15-14(10-13)19-16(20-22(15)23)18-12-4-3-7-17-11-12;1-16-7-8-23-12-4-5-14-13(9-12)19-15(20-21(14)22)18-11-3-2-6-17-10-11;15-5-7-22-11-3-4-13-12(8-11)18-14(19-20(13)21)17-10-2-1-6-16-9-10/h1-6,11,17H,7-10H2,(H,18,19,20,21);1-6,11,17H,7-10H2,(H,18,19,20,22);3-7,10-11H,8-9H2,1-2H3,(H,18,19,20);2-6,9-10,16H,7-8H2,1H3,(H,18,19,20);1-4,6,8-9H,5,7,15H2,(H,17,18,19). The van der Waals surface area contributed by atoms with Crippen molar-refractivity contribution in [3.8, 4) is 17.2 Å². The highest BCUT2D eigenvalue weighted by Crippen LogP contribution is 2.25. The molecule has 15 aromatic rings. The second-order valence-electron chi connectivity index (χ2n) is 25.7. The summed E-state index contributed by atoms with van der Waals surface area (Å²) >= 11 is 0. The molecule has 2 saturated heterocycles. The molecular weight excluding hydrogens is 1490 g/mol. The molecule has 12 heterocycles. The smallest absolute Gasteiger partial charge is 0.296 e. The lowest BCUT2D eigenvalue weighted by atomic mass is 10.3. The van der Waals surface area contributed by atoms with E-state index in [0.717, 1.165) is 87.9 Å². The van der Waals surface area contributed by atoms with E-state index in [1.807, 2.05) is 99.1 Å². The molecule has 39 heteroatoms. The van der Waals surface area contributed by atoms with Crippen LogP contribution in [0.4, 0.5) is 69.8 Å². The topological polar surface area (TPSA) is 474 Å². The Bertz CT molecular complexity index is 5660. The lowest BCUT2D eigenvalue weighted by molar-refractivity contribution is -0.641. The van der Waals surface area contributed by atoms with Gasteiger partial charge in [0.05, 0.1) is 85.3 Å². The molecule has 592 valence electrons. The average Bonchev–Trinajstić information content (AvgIpc) is 0.800. The van der Waals surface area contributed by atoms with Gasteiger partial charge in [-0.15, -0.1) is 10.2 Å². The van der Waals surface area contributed by atoms with Crippen molar-refractivity contribution in [2.24, 2.45) is 5.73 Å². The Balaban J connectivity index is 0.000000126. The van der Waals surface area contributed by atoms with Crippen LogP contribution >= 0.6 is 0 Å². The summed E-state index contributed by atoms with van der Waals surface area (Å²) in [5.74, 6) is 4.50. The number of hydrogen-bond acceptors (Lipinski definition) is 35. The first-order valence-electron chi connectivity index (χ1n) is 36.8. The predicted molar refractivity (Wildman–Crippen MR) is 437 cm³/mol. The van der Waals surface area contributed by atoms with Gasteiger partial charge >= 0.3 is 0 Å². The number of nitrogens with one attached hydrogen (secondary N) is 8. The third-order valence-corrected chi connectivity index (χ3v) is 17.1. The fourth-order valence-electron chi connectivity index (χ4n) is 11.4. The molecule has 5 aromatic carbocycles. The summed E-state index contributed by atoms with van der Waals surface area (Å²) in [6, 6.07) is 48.6. The first-order valence-corrected chi connectivity index (χ1v) is 36.8. The number of aromatic nitrogens is 20. The molecule has 17 rings (SSSR count). The number of pyridine rings is 5. The summed E-state index contributed by atoms with van der Waals surface area (Å²) < 4.78 is 16.7. The van der Waals surface area contributed by atoms with E-state index < -0.39 is 0 Å². The Morgan fingerprint density at radius 3 is 1.23 bits per heavy atom. The monoisotopic (exact) mass is 1570 g/mol. The van der Waals surface area contributed by atoms with Gasteiger partial charge in [0, 0.05) is 133 Å². The lowest BCUT2D eigenvalue weighted by Crippen LogP contribution is -2.43.